The second-order valence-electron chi connectivity index (χ2n) is 5.04. The molecule has 3 aromatic rings. The van der Waals surface area contributed by atoms with Crippen LogP contribution in [0.5, 0.6) is 0 Å². The van der Waals surface area contributed by atoms with E-state index in [1.165, 1.54) is 0 Å². The quantitative estimate of drug-likeness (QED) is 0.582. The highest BCUT2D eigenvalue weighted by atomic mass is 79.9. The molecule has 1 heterocycles. The predicted octanol–water partition coefficient (Wildman–Crippen LogP) is 5.15. The van der Waals surface area contributed by atoms with Crippen molar-refractivity contribution in [2.45, 2.75) is 0 Å². The highest BCUT2D eigenvalue weighted by Gasteiger charge is 2.13. The smallest absolute Gasteiger partial charge is 0.228 e. The van der Waals surface area contributed by atoms with Crippen LogP contribution in [0.1, 0.15) is 0 Å². The van der Waals surface area contributed by atoms with E-state index in [-0.39, 0.29) is 11.3 Å². The van der Waals surface area contributed by atoms with E-state index in [0.717, 1.165) is 4.47 Å². The molecule has 0 radical (unpaired) electrons. The van der Waals surface area contributed by atoms with Crippen molar-refractivity contribution in [3.63, 3.8) is 0 Å². The van der Waals surface area contributed by atoms with Crippen LogP contribution in [0.25, 0.3) is 22.6 Å². The Balaban J connectivity index is 2.03. The molecule has 0 aliphatic rings. The van der Waals surface area contributed by atoms with Crippen molar-refractivity contribution < 1.29 is 4.42 Å². The Bertz CT molecular complexity index is 1160. The lowest BCUT2D eigenvalue weighted by molar-refractivity contribution is 0.620. The van der Waals surface area contributed by atoms with Gasteiger partial charge in [-0.1, -0.05) is 27.5 Å². The van der Waals surface area contributed by atoms with E-state index in [2.05, 4.69) is 26.2 Å². The zero-order valence-corrected chi connectivity index (χ0v) is 15.3. The molecule has 6 nitrogen and oxygen atoms in total. The van der Waals surface area contributed by atoms with Crippen LogP contribution >= 0.6 is 27.5 Å². The third-order valence-electron chi connectivity index (χ3n) is 3.40. The second-order valence-corrected chi connectivity index (χ2v) is 6.36. The van der Waals surface area contributed by atoms with Gasteiger partial charge in [0.25, 0.3) is 0 Å². The highest BCUT2D eigenvalue weighted by molar-refractivity contribution is 9.10. The monoisotopic (exact) mass is 423 g/mol. The fourth-order valence-corrected chi connectivity index (χ4v) is 2.77. The minimum atomic E-state index is -0.297. The Morgan fingerprint density at radius 1 is 1.08 bits per heavy atom. The van der Waals surface area contributed by atoms with Gasteiger partial charge in [0.2, 0.25) is 5.89 Å². The van der Waals surface area contributed by atoms with Crippen molar-refractivity contribution in [1.82, 2.24) is 4.98 Å². The van der Waals surface area contributed by atoms with Crippen LogP contribution in [0.2, 0.25) is 5.02 Å². The van der Waals surface area contributed by atoms with Crippen LogP contribution in [0.3, 0.4) is 0 Å². The SMILES string of the molecule is N#CC(C#N)=C(C#N)Nc1ccc2oc(-c3cc(Br)ccc3Cl)nc2c1. The number of hydrogen-bond acceptors (Lipinski definition) is 6. The number of hydrogen-bond donors (Lipinski definition) is 1. The van der Waals surface area contributed by atoms with Crippen LogP contribution < -0.4 is 5.32 Å². The summed E-state index contributed by atoms with van der Waals surface area (Å²) in [5.74, 6) is 0.356. The second kappa shape index (κ2) is 7.29. The first kappa shape index (κ1) is 17.5. The minimum Gasteiger partial charge on any atom is -0.436 e. The number of fused-ring (bicyclic) bond motifs is 1. The number of nitrogens with one attached hydrogen (secondary N) is 1. The Labute approximate surface area is 161 Å². The summed E-state index contributed by atoms with van der Waals surface area (Å²) in [6.07, 6.45) is 0. The van der Waals surface area contributed by atoms with Crippen LogP contribution in [0, 0.1) is 34.0 Å². The molecule has 0 spiro atoms. The van der Waals surface area contributed by atoms with E-state index < -0.39 is 0 Å². The molecule has 124 valence electrons. The number of benzene rings is 2. The maximum absolute atomic E-state index is 9.12. The Hall–Kier alpha value is -3.31. The van der Waals surface area contributed by atoms with Gasteiger partial charge in [-0.05, 0) is 36.4 Å². The lowest BCUT2D eigenvalue weighted by atomic mass is 10.2. The molecule has 0 amide bonds. The van der Waals surface area contributed by atoms with Gasteiger partial charge in [-0.2, -0.15) is 15.8 Å². The number of anilines is 1. The average Bonchev–Trinajstić information content (AvgIpc) is 3.06. The standard InChI is InChI=1S/C18H7BrClN5O/c19-11-1-3-14(20)13(5-11)18-25-15-6-12(2-4-17(15)26-18)24-16(9-23)10(7-21)8-22/h1-6,24H. The summed E-state index contributed by atoms with van der Waals surface area (Å²) in [5, 5.41) is 30.1. The van der Waals surface area contributed by atoms with Crippen LogP contribution in [0.4, 0.5) is 5.69 Å². The predicted molar refractivity (Wildman–Crippen MR) is 99.6 cm³/mol. The van der Waals surface area contributed by atoms with Gasteiger partial charge in [0.1, 0.15) is 29.4 Å². The molecule has 0 atom stereocenters. The Morgan fingerprint density at radius 2 is 1.85 bits per heavy atom. The fraction of sp³-hybridized carbons (Fsp3) is 0. The van der Waals surface area contributed by atoms with Gasteiger partial charge in [0, 0.05) is 10.2 Å². The molecule has 26 heavy (non-hydrogen) atoms. The van der Waals surface area contributed by atoms with E-state index in [0.29, 0.717) is 33.3 Å². The fourth-order valence-electron chi connectivity index (χ4n) is 2.21. The van der Waals surface area contributed by atoms with Crippen LogP contribution in [-0.4, -0.2) is 4.98 Å². The summed E-state index contributed by atoms with van der Waals surface area (Å²) in [6, 6.07) is 15.5. The maximum Gasteiger partial charge on any atom is 0.228 e. The van der Waals surface area contributed by atoms with E-state index >= 15 is 0 Å². The summed E-state index contributed by atoms with van der Waals surface area (Å²) in [7, 11) is 0. The van der Waals surface area contributed by atoms with Gasteiger partial charge in [0.05, 0.1) is 10.6 Å². The molecular weight excluding hydrogens is 418 g/mol. The molecular formula is C18H7BrClN5O. The van der Waals surface area contributed by atoms with E-state index in [1.54, 1.807) is 48.5 Å². The Kier molecular flexibility index (Phi) is 4.91. The van der Waals surface area contributed by atoms with Crippen molar-refractivity contribution in [1.29, 1.82) is 15.8 Å². The molecule has 0 fully saturated rings. The number of oxazole rings is 1. The molecule has 0 unspecified atom stereocenters. The molecule has 0 saturated carbocycles. The van der Waals surface area contributed by atoms with Gasteiger partial charge in [0.15, 0.2) is 11.2 Å². The minimum absolute atomic E-state index is 0.131. The average molecular weight is 425 g/mol. The number of halogens is 2. The van der Waals surface area contributed by atoms with Crippen molar-refractivity contribution in [3.8, 4) is 29.7 Å². The van der Waals surface area contributed by atoms with Crippen LogP contribution in [-0.2, 0) is 0 Å². The van der Waals surface area contributed by atoms with E-state index in [4.69, 9.17) is 31.8 Å². The molecule has 0 bridgehead atoms. The van der Waals surface area contributed by atoms with E-state index in [1.807, 2.05) is 6.07 Å². The Morgan fingerprint density at radius 3 is 2.54 bits per heavy atom. The van der Waals surface area contributed by atoms with Gasteiger partial charge in [-0.15, -0.1) is 0 Å². The van der Waals surface area contributed by atoms with Gasteiger partial charge < -0.3 is 9.73 Å². The van der Waals surface area contributed by atoms with Crippen LogP contribution in [0.15, 0.2) is 56.6 Å². The third-order valence-corrected chi connectivity index (χ3v) is 4.22. The number of aromatic nitrogens is 1. The van der Waals surface area contributed by atoms with Gasteiger partial charge in [-0.25, -0.2) is 4.98 Å². The van der Waals surface area contributed by atoms with Crippen molar-refractivity contribution in [3.05, 3.63) is 57.2 Å². The first-order chi connectivity index (χ1) is 12.5. The molecule has 8 heteroatoms. The molecule has 0 aliphatic heterocycles. The zero-order valence-electron chi connectivity index (χ0n) is 12.9. The summed E-state index contributed by atoms with van der Waals surface area (Å²) in [6.45, 7) is 0. The lowest BCUT2D eigenvalue weighted by Gasteiger charge is -2.03. The normalized spacial score (nSPS) is 9.81. The van der Waals surface area contributed by atoms with Gasteiger partial charge >= 0.3 is 0 Å². The molecule has 0 aliphatic carbocycles. The highest BCUT2D eigenvalue weighted by Crippen LogP contribution is 2.33. The summed E-state index contributed by atoms with van der Waals surface area (Å²) in [5.41, 5.74) is 1.78. The topological polar surface area (TPSA) is 109 Å². The molecule has 1 N–H and O–H groups in total. The van der Waals surface area contributed by atoms with Crippen molar-refractivity contribution in [2.24, 2.45) is 0 Å². The maximum atomic E-state index is 9.12. The number of nitriles is 3. The zero-order chi connectivity index (χ0) is 18.7. The molecule has 2 aromatic carbocycles. The first-order valence-electron chi connectivity index (χ1n) is 7.13. The molecule has 1 aromatic heterocycles. The van der Waals surface area contributed by atoms with E-state index in [9.17, 15) is 0 Å². The van der Waals surface area contributed by atoms with Gasteiger partial charge in [-0.3, -0.25) is 0 Å². The van der Waals surface area contributed by atoms with Crippen molar-refractivity contribution in [2.75, 3.05) is 5.32 Å². The van der Waals surface area contributed by atoms with Crippen molar-refractivity contribution >= 4 is 44.3 Å². The third kappa shape index (κ3) is 3.38. The lowest BCUT2D eigenvalue weighted by Crippen LogP contribution is -2.00. The largest absolute Gasteiger partial charge is 0.436 e. The summed E-state index contributed by atoms with van der Waals surface area (Å²) in [4.78, 5) is 4.42. The number of rotatable bonds is 3. The molecule has 3 rings (SSSR count). The molecule has 0 saturated heterocycles. The summed E-state index contributed by atoms with van der Waals surface area (Å²) < 4.78 is 6.58. The number of allylic oxidation sites excluding steroid dienone is 2. The number of nitrogens with zero attached hydrogens (tertiary/aromatic N) is 4. The summed E-state index contributed by atoms with van der Waals surface area (Å²) >= 11 is 9.59. The first-order valence-corrected chi connectivity index (χ1v) is 8.30.